The van der Waals surface area contributed by atoms with Crippen molar-refractivity contribution < 1.29 is 15.3 Å². The highest BCUT2D eigenvalue weighted by Crippen LogP contribution is 1.52. The molecule has 0 saturated heterocycles. The van der Waals surface area contributed by atoms with Crippen LogP contribution in [-0.4, -0.2) is 15.3 Å². The standard InChI is InChI=1S/H2N3O4/c4-2(5)1-3(6)7/h1H,(H,4,5)/q+1. The van der Waals surface area contributed by atoms with Gasteiger partial charge in [-0.25, -0.2) is 15.3 Å². The Hall–Kier alpha value is -1.40. The summed E-state index contributed by atoms with van der Waals surface area (Å²) < 4.78 is 0. The van der Waals surface area contributed by atoms with E-state index in [0.29, 0.717) is 0 Å². The molecule has 0 atom stereocenters. The molecule has 0 rings (SSSR count). The molecule has 0 saturated carbocycles. The molecule has 0 radical (unpaired) electrons. The third-order valence-electron chi connectivity index (χ3n) is 0.167. The molecule has 7 heteroatoms. The molecule has 7 heavy (non-hydrogen) atoms. The van der Waals surface area contributed by atoms with E-state index in [9.17, 15) is 4.91 Å². The van der Waals surface area contributed by atoms with E-state index in [4.69, 9.17) is 15.3 Å². The van der Waals surface area contributed by atoms with Gasteiger partial charge in [0.25, 0.3) is 0 Å². The van der Waals surface area contributed by atoms with Gasteiger partial charge in [-0.15, -0.1) is 0 Å². The normalized spacial score (nSPS) is 7.43. The maximum Gasteiger partial charge on any atom is 0.416 e. The zero-order chi connectivity index (χ0) is 5.86. The summed E-state index contributed by atoms with van der Waals surface area (Å²) in [5.41, 5.74) is 0.861. The Morgan fingerprint density at radius 2 is 2.00 bits per heavy atom. The van der Waals surface area contributed by atoms with Crippen LogP contribution in [0.15, 0.2) is 0 Å². The van der Waals surface area contributed by atoms with Crippen LogP contribution in [0.5, 0.6) is 0 Å². The van der Waals surface area contributed by atoms with Crippen molar-refractivity contribution in [3.8, 4) is 0 Å². The van der Waals surface area contributed by atoms with Crippen LogP contribution in [0.25, 0.3) is 0 Å². The van der Waals surface area contributed by atoms with Crippen molar-refractivity contribution in [1.82, 2.24) is 5.53 Å². The minimum Gasteiger partial charge on any atom is -0.230 e. The van der Waals surface area contributed by atoms with Crippen molar-refractivity contribution >= 4 is 0 Å². The lowest BCUT2D eigenvalue weighted by molar-refractivity contribution is -0.938. The first-order valence-electron chi connectivity index (χ1n) is 1.19. The van der Waals surface area contributed by atoms with Gasteiger partial charge < -0.3 is 0 Å². The second-order valence-corrected chi connectivity index (χ2v) is 0.630. The van der Waals surface area contributed by atoms with Crippen LogP contribution in [0.3, 0.4) is 0 Å². The zero-order valence-corrected chi connectivity index (χ0v) is 3.07. The van der Waals surface area contributed by atoms with Crippen LogP contribution in [-0.2, 0) is 0 Å². The van der Waals surface area contributed by atoms with Crippen LogP contribution in [0.1, 0.15) is 0 Å². The molecule has 0 aliphatic heterocycles. The summed E-state index contributed by atoms with van der Waals surface area (Å²) in [6, 6.07) is 0. The maximum absolute atomic E-state index is 9.17. The third-order valence-corrected chi connectivity index (χ3v) is 0.167. The van der Waals surface area contributed by atoms with Crippen molar-refractivity contribution in [2.75, 3.05) is 0 Å². The van der Waals surface area contributed by atoms with Crippen LogP contribution < -0.4 is 5.53 Å². The topological polar surface area (TPSA) is 95.5 Å². The predicted molar refractivity (Wildman–Crippen MR) is 15.5 cm³/mol. The third kappa shape index (κ3) is 4.60. The SMILES string of the molecule is O=[N+]([O-])N[N+](=O)O. The van der Waals surface area contributed by atoms with Crippen molar-refractivity contribution in [1.29, 1.82) is 0 Å². The van der Waals surface area contributed by atoms with Gasteiger partial charge in [-0.1, -0.05) is 0 Å². The van der Waals surface area contributed by atoms with Gasteiger partial charge in [-0.2, -0.15) is 0 Å². The van der Waals surface area contributed by atoms with Gasteiger partial charge in [-0.05, 0) is 0 Å². The second kappa shape index (κ2) is 1.90. The highest BCUT2D eigenvalue weighted by Gasteiger charge is 2.07. The van der Waals surface area contributed by atoms with Gasteiger partial charge in [0.05, 0.1) is 0 Å². The zero-order valence-electron chi connectivity index (χ0n) is 3.07. The second-order valence-electron chi connectivity index (χ2n) is 0.630. The van der Waals surface area contributed by atoms with E-state index in [1.165, 1.54) is 0 Å². The smallest absolute Gasteiger partial charge is 0.230 e. The largest absolute Gasteiger partial charge is 0.416 e. The quantitative estimate of drug-likeness (QED) is 0.344. The first-order chi connectivity index (χ1) is 3.13. The fourth-order valence-corrected chi connectivity index (χ4v) is 0.0698. The molecule has 0 aliphatic carbocycles. The fraction of sp³-hybridized carbons (Fsp3) is 0. The highest BCUT2D eigenvalue weighted by atomic mass is 16.8. The molecule has 0 amide bonds. The van der Waals surface area contributed by atoms with Crippen molar-refractivity contribution in [3.63, 3.8) is 0 Å². The van der Waals surface area contributed by atoms with Crippen molar-refractivity contribution in [2.45, 2.75) is 0 Å². The van der Waals surface area contributed by atoms with E-state index in [1.54, 1.807) is 0 Å². The summed E-state index contributed by atoms with van der Waals surface area (Å²) in [6.45, 7) is 0. The molecule has 0 aliphatic rings. The summed E-state index contributed by atoms with van der Waals surface area (Å²) in [4.78, 5) is 18.3. The van der Waals surface area contributed by atoms with Gasteiger partial charge in [0.1, 0.15) is 4.91 Å². The van der Waals surface area contributed by atoms with Crippen molar-refractivity contribution in [3.05, 3.63) is 15.0 Å². The lowest BCUT2D eigenvalue weighted by Gasteiger charge is -1.72. The van der Waals surface area contributed by atoms with Crippen LogP contribution in [0.4, 0.5) is 0 Å². The van der Waals surface area contributed by atoms with E-state index in [1.807, 2.05) is 0 Å². The maximum atomic E-state index is 9.17. The minimum absolute atomic E-state index is 0.861. The number of hydrogen-bond acceptors (Lipinski definition) is 3. The molecular formula is H2N3O4+. The number of hydrazine groups is 2. The molecule has 0 unspecified atom stereocenters. The van der Waals surface area contributed by atoms with Gasteiger partial charge in [0.15, 0.2) is 5.53 Å². The van der Waals surface area contributed by atoms with Crippen LogP contribution in [0, 0.1) is 15.0 Å². The fourth-order valence-electron chi connectivity index (χ4n) is 0.0698. The molecular weight excluding hydrogens is 106 g/mol. The molecule has 0 heterocycles. The monoisotopic (exact) mass is 108 g/mol. The first kappa shape index (κ1) is 5.60. The van der Waals surface area contributed by atoms with E-state index in [2.05, 4.69) is 0 Å². The van der Waals surface area contributed by atoms with E-state index in [0.717, 1.165) is 5.53 Å². The Balaban J connectivity index is 3.32. The van der Waals surface area contributed by atoms with Gasteiger partial charge in [-0.3, -0.25) is 0 Å². The number of nitrogens with one attached hydrogen (secondary N) is 1. The Labute approximate surface area is 37.2 Å². The Bertz CT molecular complexity index is 83.1. The highest BCUT2D eigenvalue weighted by molar-refractivity contribution is 3.89. The number of hydrogen-bond donors (Lipinski definition) is 2. The lowest BCUT2D eigenvalue weighted by Crippen LogP contribution is -2.29. The molecule has 0 aromatic heterocycles. The Kier molecular flexibility index (Phi) is 1.52. The molecule has 2 N–H and O–H groups in total. The molecule has 40 valence electrons. The van der Waals surface area contributed by atoms with Crippen molar-refractivity contribution in [2.24, 2.45) is 0 Å². The number of nitrogens with zero attached hydrogens (tertiary/aromatic N) is 2. The molecule has 0 spiro atoms. The number of nitro groups is 1. The molecule has 0 fully saturated rings. The number of rotatable bonds is 2. The summed E-state index contributed by atoms with van der Waals surface area (Å²) in [5.74, 6) is 0. The summed E-state index contributed by atoms with van der Waals surface area (Å²) in [5, 5.41) is 14.4. The summed E-state index contributed by atoms with van der Waals surface area (Å²) >= 11 is 0. The minimum atomic E-state index is -1.19. The van der Waals surface area contributed by atoms with Crippen LogP contribution >= 0.6 is 0 Å². The van der Waals surface area contributed by atoms with Gasteiger partial charge >= 0.3 is 5.03 Å². The Morgan fingerprint density at radius 1 is 1.57 bits per heavy atom. The molecule has 0 aromatic carbocycles. The summed E-state index contributed by atoms with van der Waals surface area (Å²) in [7, 11) is 0. The summed E-state index contributed by atoms with van der Waals surface area (Å²) in [6.07, 6.45) is 0. The van der Waals surface area contributed by atoms with Gasteiger partial charge in [0, 0.05) is 0 Å². The lowest BCUT2D eigenvalue weighted by atomic mass is 12.4. The van der Waals surface area contributed by atoms with Gasteiger partial charge in [0.2, 0.25) is 5.03 Å². The Morgan fingerprint density at radius 3 is 2.00 bits per heavy atom. The average molecular weight is 108 g/mol. The van der Waals surface area contributed by atoms with E-state index >= 15 is 0 Å². The molecule has 7 nitrogen and oxygen atoms in total. The van der Waals surface area contributed by atoms with E-state index < -0.39 is 10.1 Å². The van der Waals surface area contributed by atoms with E-state index in [-0.39, 0.29) is 0 Å². The molecule has 0 bridgehead atoms. The average Bonchev–Trinajstić information content (AvgIpc) is 1.27. The van der Waals surface area contributed by atoms with Crippen LogP contribution in [0.2, 0.25) is 0 Å². The molecule has 0 aromatic rings. The predicted octanol–water partition coefficient (Wildman–Crippen LogP) is -1.15. The first-order valence-corrected chi connectivity index (χ1v) is 1.19.